The lowest BCUT2D eigenvalue weighted by atomic mass is 9.80. The highest BCUT2D eigenvalue weighted by Crippen LogP contribution is 2.32. The molecule has 1 radical (unpaired) electrons. The van der Waals surface area contributed by atoms with Crippen LogP contribution in [0, 0.1) is 5.92 Å². The number of hydrogen-bond acceptors (Lipinski definition) is 1. The molecule has 0 saturated heterocycles. The predicted octanol–water partition coefficient (Wildman–Crippen LogP) is 2.17. The molecule has 1 fully saturated rings. The normalized spacial score (nSPS) is 20.5. The van der Waals surface area contributed by atoms with E-state index in [4.69, 9.17) is 0 Å². The van der Waals surface area contributed by atoms with Gasteiger partial charge in [0.25, 0.3) is 0 Å². The van der Waals surface area contributed by atoms with Crippen molar-refractivity contribution >= 4 is 6.29 Å². The summed E-state index contributed by atoms with van der Waals surface area (Å²) in [5.41, 5.74) is 2.84. The van der Waals surface area contributed by atoms with Gasteiger partial charge in [-0.1, -0.05) is 36.5 Å². The van der Waals surface area contributed by atoms with E-state index in [9.17, 15) is 4.79 Å². The van der Waals surface area contributed by atoms with Crippen LogP contribution in [0.2, 0.25) is 0 Å². The molecule has 1 heteroatoms. The Morgan fingerprint density at radius 1 is 1.18 bits per heavy atom. The van der Waals surface area contributed by atoms with Crippen molar-refractivity contribution in [2.75, 3.05) is 0 Å². The Morgan fingerprint density at radius 3 is 2.00 bits per heavy atom. The second-order valence-corrected chi connectivity index (χ2v) is 2.97. The summed E-state index contributed by atoms with van der Waals surface area (Å²) in [4.78, 5) is 10.4. The fourth-order valence-corrected chi connectivity index (χ4v) is 1.36. The monoisotopic (exact) mass is 147 g/mol. The number of allylic oxidation sites excluding steroid dienone is 3. The highest BCUT2D eigenvalue weighted by Gasteiger charge is 2.22. The molecule has 0 atom stereocenters. The zero-order chi connectivity index (χ0) is 8.43. The molecule has 0 N–H and O–H groups in total. The average molecular weight is 147 g/mol. The van der Waals surface area contributed by atoms with Gasteiger partial charge in [0.15, 0.2) is 0 Å². The quantitative estimate of drug-likeness (QED) is 0.519. The van der Waals surface area contributed by atoms with Gasteiger partial charge in [0.2, 0.25) is 6.29 Å². The van der Waals surface area contributed by atoms with E-state index in [-0.39, 0.29) is 5.92 Å². The Kier molecular flexibility index (Phi) is 2.08. The van der Waals surface area contributed by atoms with Crippen molar-refractivity contribution in [1.82, 2.24) is 0 Å². The standard InChI is InChI=1S/C10H11O/c1-7-4-8(2)10(6-11)9(3)5-7/h10H,1-5H2. The van der Waals surface area contributed by atoms with Gasteiger partial charge in [-0.25, -0.2) is 0 Å². The number of carbonyl (C=O) groups excluding carboxylic acids is 1. The molecule has 11 heavy (non-hydrogen) atoms. The minimum absolute atomic E-state index is 0.250. The van der Waals surface area contributed by atoms with Gasteiger partial charge >= 0.3 is 0 Å². The third kappa shape index (κ3) is 1.48. The maximum atomic E-state index is 10.4. The molecule has 1 aliphatic carbocycles. The van der Waals surface area contributed by atoms with Gasteiger partial charge in [-0.2, -0.15) is 0 Å². The fourth-order valence-electron chi connectivity index (χ4n) is 1.36. The Balaban J connectivity index is 2.82. The van der Waals surface area contributed by atoms with Crippen molar-refractivity contribution in [1.29, 1.82) is 0 Å². The molecule has 0 unspecified atom stereocenters. The van der Waals surface area contributed by atoms with E-state index in [1.807, 2.05) is 6.29 Å². The summed E-state index contributed by atoms with van der Waals surface area (Å²) in [5, 5.41) is 0. The highest BCUT2D eigenvalue weighted by molar-refractivity contribution is 5.66. The zero-order valence-electron chi connectivity index (χ0n) is 6.52. The zero-order valence-corrected chi connectivity index (χ0v) is 6.52. The Morgan fingerprint density at radius 2 is 1.64 bits per heavy atom. The molecular formula is C10H11O. The molecular weight excluding hydrogens is 136 g/mol. The van der Waals surface area contributed by atoms with Crippen LogP contribution in [0.15, 0.2) is 36.5 Å². The van der Waals surface area contributed by atoms with Crippen molar-refractivity contribution in [2.24, 2.45) is 5.92 Å². The Hall–Kier alpha value is -1.11. The minimum atomic E-state index is -0.250. The maximum absolute atomic E-state index is 10.4. The molecule has 0 aromatic heterocycles. The number of rotatable bonds is 1. The van der Waals surface area contributed by atoms with Crippen LogP contribution < -0.4 is 0 Å². The topological polar surface area (TPSA) is 17.1 Å². The first kappa shape index (κ1) is 7.99. The molecule has 0 heterocycles. The molecule has 0 aromatic rings. The van der Waals surface area contributed by atoms with Crippen molar-refractivity contribution in [2.45, 2.75) is 12.8 Å². The van der Waals surface area contributed by atoms with Crippen LogP contribution in [0.1, 0.15) is 12.8 Å². The van der Waals surface area contributed by atoms with Crippen LogP contribution >= 0.6 is 0 Å². The first-order chi connectivity index (χ1) is 5.15. The van der Waals surface area contributed by atoms with Crippen LogP contribution in [-0.4, -0.2) is 6.29 Å². The van der Waals surface area contributed by atoms with Gasteiger partial charge in [-0.15, -0.1) is 0 Å². The molecule has 1 rings (SSSR count). The van der Waals surface area contributed by atoms with Gasteiger partial charge in [-0.05, 0) is 12.8 Å². The van der Waals surface area contributed by atoms with E-state index in [0.29, 0.717) is 0 Å². The van der Waals surface area contributed by atoms with Gasteiger partial charge in [0.1, 0.15) is 0 Å². The molecule has 0 amide bonds. The molecule has 0 spiro atoms. The van der Waals surface area contributed by atoms with Crippen LogP contribution in [0.3, 0.4) is 0 Å². The lowest BCUT2D eigenvalue weighted by Crippen LogP contribution is -2.14. The minimum Gasteiger partial charge on any atom is -0.290 e. The van der Waals surface area contributed by atoms with Gasteiger partial charge in [0.05, 0.1) is 5.92 Å². The van der Waals surface area contributed by atoms with E-state index >= 15 is 0 Å². The second kappa shape index (κ2) is 2.87. The lowest BCUT2D eigenvalue weighted by Gasteiger charge is -2.23. The van der Waals surface area contributed by atoms with E-state index in [2.05, 4.69) is 19.7 Å². The van der Waals surface area contributed by atoms with Crippen LogP contribution in [-0.2, 0) is 4.79 Å². The van der Waals surface area contributed by atoms with Crippen LogP contribution in [0.5, 0.6) is 0 Å². The second-order valence-electron chi connectivity index (χ2n) is 2.97. The van der Waals surface area contributed by atoms with Crippen molar-refractivity contribution in [3.63, 3.8) is 0 Å². The van der Waals surface area contributed by atoms with Gasteiger partial charge in [-0.3, -0.25) is 4.79 Å². The Labute approximate surface area is 67.1 Å². The largest absolute Gasteiger partial charge is 0.290 e. The predicted molar refractivity (Wildman–Crippen MR) is 45.8 cm³/mol. The maximum Gasteiger partial charge on any atom is 0.210 e. The van der Waals surface area contributed by atoms with Gasteiger partial charge < -0.3 is 0 Å². The summed E-state index contributed by atoms with van der Waals surface area (Å²) in [6, 6.07) is 0. The van der Waals surface area contributed by atoms with E-state index in [0.717, 1.165) is 29.6 Å². The Bertz CT molecular complexity index is 215. The average Bonchev–Trinajstić information content (AvgIpc) is 1.85. The molecule has 1 aliphatic rings. The summed E-state index contributed by atoms with van der Waals surface area (Å²) in [6.07, 6.45) is 3.43. The van der Waals surface area contributed by atoms with Crippen molar-refractivity contribution in [3.05, 3.63) is 36.5 Å². The lowest BCUT2D eigenvalue weighted by molar-refractivity contribution is 0.538. The van der Waals surface area contributed by atoms with Crippen molar-refractivity contribution in [3.8, 4) is 0 Å². The number of hydrogen-bond donors (Lipinski definition) is 0. The summed E-state index contributed by atoms with van der Waals surface area (Å²) in [7, 11) is 0. The summed E-state index contributed by atoms with van der Waals surface area (Å²) in [5.74, 6) is -0.250. The van der Waals surface area contributed by atoms with E-state index in [1.165, 1.54) is 0 Å². The molecule has 0 aromatic carbocycles. The SMILES string of the molecule is C=C1CC(=C)C([C]=O)C(=C)C1. The molecule has 57 valence electrons. The van der Waals surface area contributed by atoms with E-state index < -0.39 is 0 Å². The molecule has 0 aliphatic heterocycles. The molecule has 1 saturated carbocycles. The first-order valence-corrected chi connectivity index (χ1v) is 3.55. The molecule has 1 nitrogen and oxygen atoms in total. The van der Waals surface area contributed by atoms with Crippen LogP contribution in [0.25, 0.3) is 0 Å². The smallest absolute Gasteiger partial charge is 0.210 e. The fraction of sp³-hybridized carbons (Fsp3) is 0.300. The van der Waals surface area contributed by atoms with Crippen molar-refractivity contribution < 1.29 is 4.79 Å². The first-order valence-electron chi connectivity index (χ1n) is 3.55. The van der Waals surface area contributed by atoms with E-state index in [1.54, 1.807) is 0 Å². The van der Waals surface area contributed by atoms with Crippen LogP contribution in [0.4, 0.5) is 0 Å². The van der Waals surface area contributed by atoms with Gasteiger partial charge in [0, 0.05) is 0 Å². The highest BCUT2D eigenvalue weighted by atomic mass is 16.1. The summed E-state index contributed by atoms with van der Waals surface area (Å²) in [6.45, 7) is 11.4. The summed E-state index contributed by atoms with van der Waals surface area (Å²) >= 11 is 0. The third-order valence-electron chi connectivity index (χ3n) is 1.89. The molecule has 0 bridgehead atoms. The third-order valence-corrected chi connectivity index (χ3v) is 1.89. The summed E-state index contributed by atoms with van der Waals surface area (Å²) < 4.78 is 0.